The molecule has 1 aliphatic heterocycles. The van der Waals surface area contributed by atoms with E-state index in [1.165, 1.54) is 20.5 Å². The first-order valence-corrected chi connectivity index (χ1v) is 9.63. The number of nitrogens with one attached hydrogen (secondary N) is 1. The average molecular weight is 406 g/mol. The highest BCUT2D eigenvalue weighted by atomic mass is 16.5. The minimum atomic E-state index is -0.330. The first-order chi connectivity index (χ1) is 14.6. The molecule has 0 atom stereocenters. The van der Waals surface area contributed by atoms with E-state index in [0.717, 1.165) is 24.1 Å². The Morgan fingerprint density at radius 3 is 2.47 bits per heavy atom. The van der Waals surface area contributed by atoms with Gasteiger partial charge in [0.25, 0.3) is 11.8 Å². The fourth-order valence-electron chi connectivity index (χ4n) is 3.69. The number of amides is 2. The maximum Gasteiger partial charge on any atom is 0.293 e. The van der Waals surface area contributed by atoms with Crippen molar-refractivity contribution in [1.29, 1.82) is 0 Å². The predicted octanol–water partition coefficient (Wildman–Crippen LogP) is 4.14. The molecule has 0 radical (unpaired) electrons. The summed E-state index contributed by atoms with van der Waals surface area (Å²) in [5.41, 5.74) is 2.79. The van der Waals surface area contributed by atoms with E-state index < -0.39 is 0 Å². The summed E-state index contributed by atoms with van der Waals surface area (Å²) < 4.78 is 15.9. The third-order valence-corrected chi connectivity index (χ3v) is 5.09. The summed E-state index contributed by atoms with van der Waals surface area (Å²) in [5.74, 6) is 0.670. The summed E-state index contributed by atoms with van der Waals surface area (Å²) in [6.07, 6.45) is 3.14. The molecule has 0 bridgehead atoms. The van der Waals surface area contributed by atoms with Gasteiger partial charge in [0.1, 0.15) is 17.1 Å². The van der Waals surface area contributed by atoms with E-state index in [-0.39, 0.29) is 11.8 Å². The second kappa shape index (κ2) is 8.32. The van der Waals surface area contributed by atoms with Crippen LogP contribution in [0.5, 0.6) is 11.5 Å². The van der Waals surface area contributed by atoms with E-state index in [9.17, 15) is 9.59 Å². The molecule has 0 unspecified atom stereocenters. The van der Waals surface area contributed by atoms with Gasteiger partial charge in [-0.25, -0.2) is 0 Å². The summed E-state index contributed by atoms with van der Waals surface area (Å²) in [6.45, 7) is 0.622. The molecule has 0 saturated heterocycles. The standard InChI is InChI=1S/C23H22N2O5/c1-28-18-7-3-8-19(29-2)21(18)22(26)24-16-10-11-17-15(14-16)6-4-12-25(17)23(27)20-9-5-13-30-20/h3,5,7-11,13-14H,4,6,12H2,1-2H3,(H,24,26). The van der Waals surface area contributed by atoms with E-state index >= 15 is 0 Å². The van der Waals surface area contributed by atoms with Gasteiger partial charge in [0.2, 0.25) is 0 Å². The van der Waals surface area contributed by atoms with Gasteiger partial charge in [-0.1, -0.05) is 6.07 Å². The van der Waals surface area contributed by atoms with Gasteiger partial charge in [-0.15, -0.1) is 0 Å². The number of aryl methyl sites for hydroxylation is 1. The van der Waals surface area contributed by atoms with E-state index in [1.807, 2.05) is 12.1 Å². The molecule has 3 aromatic rings. The zero-order valence-electron chi connectivity index (χ0n) is 16.8. The number of anilines is 2. The van der Waals surface area contributed by atoms with Crippen LogP contribution >= 0.6 is 0 Å². The maximum absolute atomic E-state index is 12.9. The van der Waals surface area contributed by atoms with Crippen LogP contribution in [0.2, 0.25) is 0 Å². The molecular weight excluding hydrogens is 384 g/mol. The minimum Gasteiger partial charge on any atom is -0.496 e. The van der Waals surface area contributed by atoms with Crippen molar-refractivity contribution in [3.8, 4) is 11.5 Å². The van der Waals surface area contributed by atoms with Crippen molar-refractivity contribution in [2.75, 3.05) is 31.0 Å². The fourth-order valence-corrected chi connectivity index (χ4v) is 3.69. The van der Waals surface area contributed by atoms with Crippen LogP contribution in [0.4, 0.5) is 11.4 Å². The van der Waals surface area contributed by atoms with Crippen molar-refractivity contribution in [3.63, 3.8) is 0 Å². The Morgan fingerprint density at radius 2 is 1.80 bits per heavy atom. The molecular formula is C23H22N2O5. The second-order valence-corrected chi connectivity index (χ2v) is 6.87. The van der Waals surface area contributed by atoms with E-state index in [1.54, 1.807) is 41.3 Å². The molecule has 0 spiro atoms. The Kier molecular flexibility index (Phi) is 5.43. The lowest BCUT2D eigenvalue weighted by Crippen LogP contribution is -2.35. The van der Waals surface area contributed by atoms with Crippen LogP contribution in [0.25, 0.3) is 0 Å². The van der Waals surface area contributed by atoms with Crippen molar-refractivity contribution in [2.24, 2.45) is 0 Å². The van der Waals surface area contributed by atoms with Crippen molar-refractivity contribution >= 4 is 23.2 Å². The minimum absolute atomic E-state index is 0.170. The Bertz CT molecular complexity index is 1050. The third-order valence-electron chi connectivity index (χ3n) is 5.09. The molecule has 2 aromatic carbocycles. The highest BCUT2D eigenvalue weighted by molar-refractivity contribution is 6.09. The first kappa shape index (κ1) is 19.6. The summed E-state index contributed by atoms with van der Waals surface area (Å²) in [6, 6.07) is 14.1. The topological polar surface area (TPSA) is 81.0 Å². The Balaban J connectivity index is 1.60. The molecule has 7 heteroatoms. The summed E-state index contributed by atoms with van der Waals surface area (Å²) in [4.78, 5) is 27.4. The van der Waals surface area contributed by atoms with Gasteiger partial charge in [0.05, 0.1) is 20.5 Å². The Morgan fingerprint density at radius 1 is 1.03 bits per heavy atom. The molecule has 0 aliphatic carbocycles. The van der Waals surface area contributed by atoms with Crippen LogP contribution in [-0.2, 0) is 6.42 Å². The smallest absolute Gasteiger partial charge is 0.293 e. The van der Waals surface area contributed by atoms with E-state index in [4.69, 9.17) is 13.9 Å². The van der Waals surface area contributed by atoms with Crippen LogP contribution in [0.15, 0.2) is 59.2 Å². The van der Waals surface area contributed by atoms with Gasteiger partial charge in [-0.3, -0.25) is 9.59 Å². The van der Waals surface area contributed by atoms with Crippen LogP contribution < -0.4 is 19.7 Å². The van der Waals surface area contributed by atoms with Crippen molar-refractivity contribution in [3.05, 3.63) is 71.7 Å². The maximum atomic E-state index is 12.9. The number of furan rings is 1. The normalized spacial score (nSPS) is 12.8. The largest absolute Gasteiger partial charge is 0.496 e. The number of fused-ring (bicyclic) bond motifs is 1. The number of benzene rings is 2. The Labute approximate surface area is 174 Å². The number of carbonyl (C=O) groups excluding carboxylic acids is 2. The molecule has 30 heavy (non-hydrogen) atoms. The second-order valence-electron chi connectivity index (χ2n) is 6.87. The zero-order chi connectivity index (χ0) is 21.1. The molecule has 2 amide bonds. The number of hydrogen-bond donors (Lipinski definition) is 1. The van der Waals surface area contributed by atoms with Crippen molar-refractivity contribution in [1.82, 2.24) is 0 Å². The van der Waals surface area contributed by atoms with Gasteiger partial charge >= 0.3 is 0 Å². The average Bonchev–Trinajstić information content (AvgIpc) is 3.32. The summed E-state index contributed by atoms with van der Waals surface area (Å²) in [5, 5.41) is 2.91. The SMILES string of the molecule is COc1cccc(OC)c1C(=O)Nc1ccc2c(c1)CCCN2C(=O)c1ccco1. The van der Waals surface area contributed by atoms with E-state index in [0.29, 0.717) is 35.1 Å². The quantitative estimate of drug-likeness (QED) is 0.689. The summed E-state index contributed by atoms with van der Waals surface area (Å²) >= 11 is 0. The summed E-state index contributed by atoms with van der Waals surface area (Å²) in [7, 11) is 3.02. The number of rotatable bonds is 5. The third kappa shape index (κ3) is 3.61. The molecule has 0 saturated carbocycles. The van der Waals surface area contributed by atoms with Gasteiger partial charge < -0.3 is 24.1 Å². The highest BCUT2D eigenvalue weighted by Gasteiger charge is 2.26. The number of methoxy groups -OCH3 is 2. The molecule has 7 nitrogen and oxygen atoms in total. The molecule has 1 aromatic heterocycles. The van der Waals surface area contributed by atoms with Gasteiger partial charge in [-0.05, 0) is 60.9 Å². The Hall–Kier alpha value is -3.74. The molecule has 4 rings (SSSR count). The first-order valence-electron chi connectivity index (χ1n) is 9.63. The lowest BCUT2D eigenvalue weighted by molar-refractivity contribution is 0.0957. The molecule has 1 aliphatic rings. The zero-order valence-corrected chi connectivity index (χ0v) is 16.8. The molecule has 2 heterocycles. The molecule has 1 N–H and O–H groups in total. The number of nitrogens with zero attached hydrogens (tertiary/aromatic N) is 1. The monoisotopic (exact) mass is 406 g/mol. The lowest BCUT2D eigenvalue weighted by Gasteiger charge is -2.29. The van der Waals surface area contributed by atoms with Gasteiger partial charge in [-0.2, -0.15) is 0 Å². The molecule has 154 valence electrons. The fraction of sp³-hybridized carbons (Fsp3) is 0.217. The number of ether oxygens (including phenoxy) is 2. The highest BCUT2D eigenvalue weighted by Crippen LogP contribution is 2.33. The van der Waals surface area contributed by atoms with Gasteiger partial charge in [0, 0.05) is 17.9 Å². The van der Waals surface area contributed by atoms with Crippen LogP contribution in [-0.4, -0.2) is 32.6 Å². The van der Waals surface area contributed by atoms with Gasteiger partial charge in [0.15, 0.2) is 5.76 Å². The number of carbonyl (C=O) groups is 2. The van der Waals surface area contributed by atoms with Crippen molar-refractivity contribution in [2.45, 2.75) is 12.8 Å². The predicted molar refractivity (Wildman–Crippen MR) is 113 cm³/mol. The van der Waals surface area contributed by atoms with Crippen molar-refractivity contribution < 1.29 is 23.5 Å². The molecule has 0 fully saturated rings. The number of hydrogen-bond acceptors (Lipinski definition) is 5. The van der Waals surface area contributed by atoms with Crippen LogP contribution in [0.1, 0.15) is 32.9 Å². The van der Waals surface area contributed by atoms with E-state index in [2.05, 4.69) is 5.32 Å². The van der Waals surface area contributed by atoms with Crippen LogP contribution in [0.3, 0.4) is 0 Å². The van der Waals surface area contributed by atoms with Crippen LogP contribution in [0, 0.1) is 0 Å². The lowest BCUT2D eigenvalue weighted by atomic mass is 10.0.